The van der Waals surface area contributed by atoms with Crippen molar-refractivity contribution in [3.8, 4) is 0 Å². The fourth-order valence-electron chi connectivity index (χ4n) is 2.73. The molecule has 0 heterocycles. The van der Waals surface area contributed by atoms with Gasteiger partial charge in [0, 0.05) is 5.54 Å². The molecule has 0 radical (unpaired) electrons. The van der Waals surface area contributed by atoms with Crippen molar-refractivity contribution < 1.29 is 0 Å². The Balaban J connectivity index is 2.40. The average molecular weight is 247 g/mol. The molecule has 0 aromatic rings. The zero-order chi connectivity index (χ0) is 13.1. The lowest BCUT2D eigenvalue weighted by Gasteiger charge is -2.38. The topological polar surface area (TPSA) is 12.0 Å². The number of nitrogens with one attached hydrogen (secondary N) is 1. The maximum absolute atomic E-state index is 3.80. The molecule has 102 valence electrons. The summed E-state index contributed by atoms with van der Waals surface area (Å²) in [4.78, 5) is 0. The van der Waals surface area contributed by atoms with Gasteiger partial charge in [0.25, 0.3) is 0 Å². The smallest absolute Gasteiger partial charge is 0.0215 e. The van der Waals surface area contributed by atoms with Crippen LogP contribution in [0.1, 0.15) is 58.3 Å². The first-order chi connectivity index (χ1) is 8.83. The molecule has 0 unspecified atom stereocenters. The predicted octanol–water partition coefficient (Wildman–Crippen LogP) is 4.77. The Hall–Kier alpha value is -0.820. The first kappa shape index (κ1) is 15.2. The van der Waals surface area contributed by atoms with Crippen LogP contribution in [0.3, 0.4) is 0 Å². The van der Waals surface area contributed by atoms with Gasteiger partial charge in [-0.3, -0.25) is 0 Å². The predicted molar refractivity (Wildman–Crippen MR) is 81.8 cm³/mol. The molecular formula is C17H29N. The Bertz CT molecular complexity index is 269. The van der Waals surface area contributed by atoms with Gasteiger partial charge in [-0.1, -0.05) is 63.1 Å². The Morgan fingerprint density at radius 1 is 1.11 bits per heavy atom. The highest BCUT2D eigenvalue weighted by Crippen LogP contribution is 2.31. The van der Waals surface area contributed by atoms with Crippen molar-refractivity contribution in [3.05, 3.63) is 37.0 Å². The molecule has 1 saturated carbocycles. The van der Waals surface area contributed by atoms with Gasteiger partial charge in [-0.25, -0.2) is 0 Å². The summed E-state index contributed by atoms with van der Waals surface area (Å²) in [6.07, 6.45) is 21.0. The lowest BCUT2D eigenvalue weighted by molar-refractivity contribution is 0.233. The van der Waals surface area contributed by atoms with Gasteiger partial charge in [-0.2, -0.15) is 0 Å². The Morgan fingerprint density at radius 3 is 2.56 bits per heavy atom. The van der Waals surface area contributed by atoms with Gasteiger partial charge >= 0.3 is 0 Å². The SMILES string of the molecule is C=CC=CCC=CCC1(NCCC)CCCCC1. The van der Waals surface area contributed by atoms with Crippen LogP contribution < -0.4 is 5.32 Å². The van der Waals surface area contributed by atoms with Crippen LogP contribution >= 0.6 is 0 Å². The minimum Gasteiger partial charge on any atom is -0.311 e. The quantitative estimate of drug-likeness (QED) is 0.481. The van der Waals surface area contributed by atoms with Crippen LogP contribution in [0.4, 0.5) is 0 Å². The van der Waals surface area contributed by atoms with Crippen LogP contribution in [0.15, 0.2) is 37.0 Å². The minimum atomic E-state index is 0.396. The summed E-state index contributed by atoms with van der Waals surface area (Å²) >= 11 is 0. The molecule has 1 rings (SSSR count). The fourth-order valence-corrected chi connectivity index (χ4v) is 2.73. The van der Waals surface area contributed by atoms with Crippen molar-refractivity contribution >= 4 is 0 Å². The Morgan fingerprint density at radius 2 is 1.89 bits per heavy atom. The first-order valence-electron chi connectivity index (χ1n) is 7.50. The molecule has 0 aromatic heterocycles. The molecule has 0 spiro atoms. The lowest BCUT2D eigenvalue weighted by atomic mass is 9.79. The van der Waals surface area contributed by atoms with E-state index in [2.05, 4.69) is 37.0 Å². The van der Waals surface area contributed by atoms with Crippen molar-refractivity contribution in [2.24, 2.45) is 0 Å². The van der Waals surface area contributed by atoms with Crippen LogP contribution in [-0.4, -0.2) is 12.1 Å². The number of hydrogen-bond acceptors (Lipinski definition) is 1. The molecule has 0 amide bonds. The van der Waals surface area contributed by atoms with Crippen LogP contribution in [0, 0.1) is 0 Å². The van der Waals surface area contributed by atoms with Crippen molar-refractivity contribution in [2.45, 2.75) is 63.8 Å². The molecule has 18 heavy (non-hydrogen) atoms. The molecule has 1 N–H and O–H groups in total. The first-order valence-corrected chi connectivity index (χ1v) is 7.50. The summed E-state index contributed by atoms with van der Waals surface area (Å²) in [6, 6.07) is 0. The van der Waals surface area contributed by atoms with Gasteiger partial charge in [0.1, 0.15) is 0 Å². The van der Waals surface area contributed by atoms with Gasteiger partial charge < -0.3 is 5.32 Å². The highest BCUT2D eigenvalue weighted by molar-refractivity contribution is 5.03. The summed E-state index contributed by atoms with van der Waals surface area (Å²) in [7, 11) is 0. The van der Waals surface area contributed by atoms with E-state index in [0.717, 1.165) is 13.0 Å². The van der Waals surface area contributed by atoms with E-state index in [1.54, 1.807) is 0 Å². The van der Waals surface area contributed by atoms with Gasteiger partial charge in [0.15, 0.2) is 0 Å². The zero-order valence-electron chi connectivity index (χ0n) is 12.0. The van der Waals surface area contributed by atoms with E-state index < -0.39 is 0 Å². The van der Waals surface area contributed by atoms with E-state index in [1.807, 2.05) is 12.2 Å². The Kier molecular flexibility index (Phi) is 7.75. The third-order valence-electron chi connectivity index (χ3n) is 3.78. The van der Waals surface area contributed by atoms with E-state index in [4.69, 9.17) is 0 Å². The van der Waals surface area contributed by atoms with Gasteiger partial charge in [0.05, 0.1) is 0 Å². The largest absolute Gasteiger partial charge is 0.311 e. The molecule has 1 fully saturated rings. The summed E-state index contributed by atoms with van der Waals surface area (Å²) in [6.45, 7) is 7.08. The molecule has 1 nitrogen and oxygen atoms in total. The highest BCUT2D eigenvalue weighted by atomic mass is 15.0. The van der Waals surface area contributed by atoms with Gasteiger partial charge in [-0.15, -0.1) is 0 Å². The van der Waals surface area contributed by atoms with Gasteiger partial charge in [0.2, 0.25) is 0 Å². The summed E-state index contributed by atoms with van der Waals surface area (Å²) in [5, 5.41) is 3.80. The summed E-state index contributed by atoms with van der Waals surface area (Å²) < 4.78 is 0. The molecule has 1 aliphatic rings. The van der Waals surface area contributed by atoms with E-state index >= 15 is 0 Å². The normalized spacial score (nSPS) is 19.6. The molecule has 1 aliphatic carbocycles. The molecule has 0 bridgehead atoms. The van der Waals surface area contributed by atoms with Crippen LogP contribution in [0.2, 0.25) is 0 Å². The lowest BCUT2D eigenvalue weighted by Crippen LogP contribution is -2.46. The minimum absolute atomic E-state index is 0.396. The molecule has 0 aliphatic heterocycles. The van der Waals surface area contributed by atoms with Gasteiger partial charge in [-0.05, 0) is 38.6 Å². The highest BCUT2D eigenvalue weighted by Gasteiger charge is 2.29. The van der Waals surface area contributed by atoms with Crippen molar-refractivity contribution in [1.29, 1.82) is 0 Å². The number of rotatable bonds is 8. The van der Waals surface area contributed by atoms with E-state index in [9.17, 15) is 0 Å². The zero-order valence-corrected chi connectivity index (χ0v) is 12.0. The molecule has 0 aromatic carbocycles. The number of allylic oxidation sites excluding steroid dienone is 4. The van der Waals surface area contributed by atoms with Crippen molar-refractivity contribution in [1.82, 2.24) is 5.32 Å². The van der Waals surface area contributed by atoms with E-state index in [0.29, 0.717) is 5.54 Å². The molecule has 0 atom stereocenters. The van der Waals surface area contributed by atoms with Crippen LogP contribution in [0.25, 0.3) is 0 Å². The van der Waals surface area contributed by atoms with Crippen molar-refractivity contribution in [3.63, 3.8) is 0 Å². The molecule has 0 saturated heterocycles. The molecular weight excluding hydrogens is 218 g/mol. The summed E-state index contributed by atoms with van der Waals surface area (Å²) in [5.74, 6) is 0. The third-order valence-corrected chi connectivity index (χ3v) is 3.78. The summed E-state index contributed by atoms with van der Waals surface area (Å²) in [5.41, 5.74) is 0.396. The van der Waals surface area contributed by atoms with Crippen molar-refractivity contribution in [2.75, 3.05) is 6.54 Å². The monoisotopic (exact) mass is 247 g/mol. The maximum Gasteiger partial charge on any atom is 0.0215 e. The van der Waals surface area contributed by atoms with E-state index in [-0.39, 0.29) is 0 Å². The van der Waals surface area contributed by atoms with E-state index in [1.165, 1.54) is 44.9 Å². The number of hydrogen-bond donors (Lipinski definition) is 1. The standard InChI is InChI=1S/C17H29N/c1-3-5-6-7-8-10-13-17(18-16-4-2)14-11-9-12-15-17/h3,5-6,8,10,18H,1,4,7,9,11-16H2,2H3. The second kappa shape index (κ2) is 9.16. The second-order valence-electron chi connectivity index (χ2n) is 5.34. The second-order valence-corrected chi connectivity index (χ2v) is 5.34. The molecule has 1 heteroatoms. The third kappa shape index (κ3) is 5.68. The Labute approximate surface area is 113 Å². The van der Waals surface area contributed by atoms with Crippen LogP contribution in [0.5, 0.6) is 0 Å². The fraction of sp³-hybridized carbons (Fsp3) is 0.647. The maximum atomic E-state index is 3.80. The average Bonchev–Trinajstić information content (AvgIpc) is 2.42. The van der Waals surface area contributed by atoms with Crippen LogP contribution in [-0.2, 0) is 0 Å².